The normalized spacial score (nSPS) is 11.1. The summed E-state index contributed by atoms with van der Waals surface area (Å²) in [6, 6.07) is 28.0. The minimum Gasteiger partial charge on any atom is -0.322 e. The van der Waals surface area contributed by atoms with Crippen LogP contribution in [-0.4, -0.2) is 20.4 Å². The van der Waals surface area contributed by atoms with Crippen LogP contribution in [0.3, 0.4) is 0 Å². The molecule has 2 aromatic heterocycles. The Morgan fingerprint density at radius 2 is 1.75 bits per heavy atom. The highest BCUT2D eigenvalue weighted by atomic mass is 16.1. The quantitative estimate of drug-likeness (QED) is 0.346. The zero-order valence-electron chi connectivity index (χ0n) is 19.8. The lowest BCUT2D eigenvalue weighted by atomic mass is 10.1. The second-order valence-electron chi connectivity index (χ2n) is 8.33. The van der Waals surface area contributed by atoms with E-state index in [-0.39, 0.29) is 11.5 Å². The SMILES string of the molecule is CC=Cc1cccc(C(=O)Nc2ccc(-n3c(=O)c(Cc4ccccc4)nc4cccnc43)cc2)c1. The molecule has 0 saturated heterocycles. The maximum atomic E-state index is 13.5. The van der Waals surface area contributed by atoms with E-state index in [1.165, 1.54) is 0 Å². The lowest BCUT2D eigenvalue weighted by Gasteiger charge is -2.13. The first-order valence-electron chi connectivity index (χ1n) is 11.7. The number of fused-ring (bicyclic) bond motifs is 1. The summed E-state index contributed by atoms with van der Waals surface area (Å²) in [5.41, 5.74) is 5.16. The third-order valence-electron chi connectivity index (χ3n) is 5.79. The number of nitrogens with zero attached hydrogens (tertiary/aromatic N) is 3. The number of rotatable bonds is 6. The molecule has 0 aliphatic heterocycles. The number of hydrogen-bond acceptors (Lipinski definition) is 4. The van der Waals surface area contributed by atoms with Crippen LogP contribution in [0, 0.1) is 0 Å². The zero-order chi connectivity index (χ0) is 24.9. The van der Waals surface area contributed by atoms with Gasteiger partial charge in [-0.1, -0.05) is 54.6 Å². The van der Waals surface area contributed by atoms with Gasteiger partial charge >= 0.3 is 0 Å². The number of hydrogen-bond donors (Lipinski definition) is 1. The Morgan fingerprint density at radius 1 is 0.944 bits per heavy atom. The molecule has 36 heavy (non-hydrogen) atoms. The van der Waals surface area contributed by atoms with E-state index >= 15 is 0 Å². The van der Waals surface area contributed by atoms with Crippen molar-refractivity contribution >= 4 is 28.8 Å². The fraction of sp³-hybridized carbons (Fsp3) is 0.0667. The molecule has 2 heterocycles. The number of benzene rings is 3. The van der Waals surface area contributed by atoms with Crippen LogP contribution in [-0.2, 0) is 6.42 Å². The van der Waals surface area contributed by atoms with Gasteiger partial charge in [-0.3, -0.25) is 14.2 Å². The highest BCUT2D eigenvalue weighted by Crippen LogP contribution is 2.18. The van der Waals surface area contributed by atoms with Gasteiger partial charge in [0.15, 0.2) is 5.65 Å². The fourth-order valence-electron chi connectivity index (χ4n) is 4.08. The van der Waals surface area contributed by atoms with Crippen LogP contribution in [0.5, 0.6) is 0 Å². The predicted molar refractivity (Wildman–Crippen MR) is 143 cm³/mol. The largest absolute Gasteiger partial charge is 0.322 e. The maximum absolute atomic E-state index is 13.5. The van der Waals surface area contributed by atoms with Gasteiger partial charge in [-0.15, -0.1) is 0 Å². The lowest BCUT2D eigenvalue weighted by Crippen LogP contribution is -2.25. The van der Waals surface area contributed by atoms with Crippen molar-refractivity contribution in [2.24, 2.45) is 0 Å². The number of pyridine rings is 1. The van der Waals surface area contributed by atoms with Crippen molar-refractivity contribution in [1.82, 2.24) is 14.5 Å². The molecule has 3 aromatic carbocycles. The second kappa shape index (κ2) is 10.2. The molecule has 176 valence electrons. The number of aromatic nitrogens is 3. The number of carbonyl (C=O) groups is 1. The number of allylic oxidation sites excluding steroid dienone is 1. The van der Waals surface area contributed by atoms with E-state index < -0.39 is 0 Å². The summed E-state index contributed by atoms with van der Waals surface area (Å²) in [6.45, 7) is 1.94. The minimum atomic E-state index is -0.220. The number of amides is 1. The molecule has 6 heteroatoms. The third kappa shape index (κ3) is 4.83. The van der Waals surface area contributed by atoms with Crippen LogP contribution in [0.15, 0.2) is 108 Å². The van der Waals surface area contributed by atoms with Crippen LogP contribution >= 0.6 is 0 Å². The van der Waals surface area contributed by atoms with Crippen molar-refractivity contribution in [3.63, 3.8) is 0 Å². The average molecular weight is 473 g/mol. The third-order valence-corrected chi connectivity index (χ3v) is 5.79. The Hall–Kier alpha value is -4.84. The maximum Gasteiger partial charge on any atom is 0.278 e. The molecule has 0 bridgehead atoms. The van der Waals surface area contributed by atoms with Crippen molar-refractivity contribution in [2.75, 3.05) is 5.32 Å². The van der Waals surface area contributed by atoms with E-state index in [0.717, 1.165) is 11.1 Å². The molecule has 0 atom stereocenters. The van der Waals surface area contributed by atoms with Crippen LogP contribution in [0.4, 0.5) is 5.69 Å². The summed E-state index contributed by atoms with van der Waals surface area (Å²) in [4.78, 5) is 35.3. The average Bonchev–Trinajstić information content (AvgIpc) is 2.91. The minimum absolute atomic E-state index is 0.201. The Kier molecular flexibility index (Phi) is 6.49. The van der Waals surface area contributed by atoms with Crippen LogP contribution < -0.4 is 10.9 Å². The van der Waals surface area contributed by atoms with Crippen molar-refractivity contribution in [1.29, 1.82) is 0 Å². The summed E-state index contributed by atoms with van der Waals surface area (Å²) in [7, 11) is 0. The lowest BCUT2D eigenvalue weighted by molar-refractivity contribution is 0.102. The first-order valence-corrected chi connectivity index (χ1v) is 11.7. The summed E-state index contributed by atoms with van der Waals surface area (Å²) in [6.07, 6.45) is 5.95. The molecule has 0 unspecified atom stereocenters. The standard InChI is InChI=1S/C30H24N4O2/c1-2-8-21-11-6-12-23(19-21)29(35)32-24-14-16-25(17-15-24)34-28-26(13-7-18-31-28)33-27(30(34)36)20-22-9-4-3-5-10-22/h2-19H,20H2,1H3,(H,32,35). The highest BCUT2D eigenvalue weighted by molar-refractivity contribution is 6.04. The Labute approximate surface area is 208 Å². The van der Waals surface area contributed by atoms with Crippen molar-refractivity contribution in [3.8, 4) is 5.69 Å². The van der Waals surface area contributed by atoms with E-state index in [1.54, 1.807) is 47.2 Å². The van der Waals surface area contributed by atoms with E-state index in [2.05, 4.69) is 15.3 Å². The summed E-state index contributed by atoms with van der Waals surface area (Å²) >= 11 is 0. The molecule has 1 amide bonds. The summed E-state index contributed by atoms with van der Waals surface area (Å²) < 4.78 is 1.58. The Balaban J connectivity index is 1.47. The number of anilines is 1. The van der Waals surface area contributed by atoms with Crippen LogP contribution in [0.2, 0.25) is 0 Å². The molecule has 0 aliphatic rings. The molecule has 0 saturated carbocycles. The van der Waals surface area contributed by atoms with Crippen molar-refractivity contribution in [3.05, 3.63) is 136 Å². The Bertz CT molecular complexity index is 1620. The van der Waals surface area contributed by atoms with E-state index in [0.29, 0.717) is 40.2 Å². The topological polar surface area (TPSA) is 76.9 Å². The molecular weight excluding hydrogens is 448 g/mol. The molecule has 1 N–H and O–H groups in total. The second-order valence-corrected chi connectivity index (χ2v) is 8.33. The molecule has 0 radical (unpaired) electrons. The highest BCUT2D eigenvalue weighted by Gasteiger charge is 2.14. The van der Waals surface area contributed by atoms with Crippen molar-refractivity contribution in [2.45, 2.75) is 13.3 Å². The van der Waals surface area contributed by atoms with Gasteiger partial charge in [-0.2, -0.15) is 0 Å². The van der Waals surface area contributed by atoms with Gasteiger partial charge in [-0.05, 0) is 66.6 Å². The van der Waals surface area contributed by atoms with E-state index in [9.17, 15) is 9.59 Å². The van der Waals surface area contributed by atoms with Crippen molar-refractivity contribution < 1.29 is 4.79 Å². The van der Waals surface area contributed by atoms with Crippen LogP contribution in [0.1, 0.15) is 34.1 Å². The van der Waals surface area contributed by atoms with Gasteiger partial charge in [0.1, 0.15) is 11.2 Å². The van der Waals surface area contributed by atoms with Gasteiger partial charge in [0.25, 0.3) is 11.5 Å². The van der Waals surface area contributed by atoms with Crippen LogP contribution in [0.25, 0.3) is 22.9 Å². The van der Waals surface area contributed by atoms with E-state index in [4.69, 9.17) is 0 Å². The summed E-state index contributed by atoms with van der Waals surface area (Å²) in [5, 5.41) is 2.92. The predicted octanol–water partition coefficient (Wildman–Crippen LogP) is 5.66. The number of nitrogens with one attached hydrogen (secondary N) is 1. The molecule has 0 fully saturated rings. The monoisotopic (exact) mass is 472 g/mol. The molecule has 0 aliphatic carbocycles. The van der Waals surface area contributed by atoms with E-state index in [1.807, 2.05) is 73.7 Å². The molecular formula is C30H24N4O2. The smallest absolute Gasteiger partial charge is 0.278 e. The first-order chi connectivity index (χ1) is 17.6. The molecule has 6 nitrogen and oxygen atoms in total. The van der Waals surface area contributed by atoms with Gasteiger partial charge in [0.05, 0.1) is 5.69 Å². The van der Waals surface area contributed by atoms with Gasteiger partial charge in [-0.25, -0.2) is 9.97 Å². The molecule has 5 rings (SSSR count). The molecule has 0 spiro atoms. The zero-order valence-corrected chi connectivity index (χ0v) is 19.8. The van der Waals surface area contributed by atoms with Gasteiger partial charge in [0, 0.05) is 23.9 Å². The molecule has 5 aromatic rings. The fourth-order valence-corrected chi connectivity index (χ4v) is 4.08. The van der Waals surface area contributed by atoms with Gasteiger partial charge in [0.2, 0.25) is 0 Å². The number of carbonyl (C=O) groups excluding carboxylic acids is 1. The van der Waals surface area contributed by atoms with Gasteiger partial charge < -0.3 is 5.32 Å². The summed E-state index contributed by atoms with van der Waals surface area (Å²) in [5.74, 6) is -0.201. The first kappa shape index (κ1) is 22.9. The Morgan fingerprint density at radius 3 is 2.53 bits per heavy atom.